The molecule has 0 spiro atoms. The van der Waals surface area contributed by atoms with Gasteiger partial charge in [-0.2, -0.15) is 0 Å². The normalized spacial score (nSPS) is 10.3. The van der Waals surface area contributed by atoms with Gasteiger partial charge < -0.3 is 9.47 Å². The van der Waals surface area contributed by atoms with Gasteiger partial charge in [0.05, 0.1) is 15.2 Å². The second-order valence-corrected chi connectivity index (χ2v) is 8.56. The lowest BCUT2D eigenvalue weighted by molar-refractivity contribution is -0.123. The van der Waals surface area contributed by atoms with Crippen LogP contribution in [0.3, 0.4) is 0 Å². The number of hydrogen-bond donors (Lipinski definition) is 3. The number of carbonyl (C=O) groups is 2. The molecule has 160 valence electrons. The lowest BCUT2D eigenvalue weighted by atomic mass is 10.1. The van der Waals surface area contributed by atoms with Gasteiger partial charge in [0, 0.05) is 5.56 Å². The van der Waals surface area contributed by atoms with E-state index in [0.29, 0.717) is 17.1 Å². The first-order chi connectivity index (χ1) is 14.9. The number of rotatable bonds is 5. The number of methoxy groups -OCH3 is 1. The number of ether oxygens (including phenoxy) is 2. The molecule has 3 rings (SSSR count). The molecular formula is C21H17BrIN3O4S. The SMILES string of the molecule is COc1ccc(C(=O)NC(=S)NNC(=O)COc2ccc3ccccc3c2Br)cc1I. The largest absolute Gasteiger partial charge is 0.496 e. The smallest absolute Gasteiger partial charge is 0.276 e. The number of hydrazine groups is 1. The highest BCUT2D eigenvalue weighted by Gasteiger charge is 2.12. The Morgan fingerprint density at radius 3 is 2.55 bits per heavy atom. The summed E-state index contributed by atoms with van der Waals surface area (Å²) in [7, 11) is 1.56. The quantitative estimate of drug-likeness (QED) is 0.230. The van der Waals surface area contributed by atoms with Crippen LogP contribution in [-0.4, -0.2) is 30.6 Å². The first-order valence-corrected chi connectivity index (χ1v) is 11.2. The molecule has 2 amide bonds. The van der Waals surface area contributed by atoms with Crippen LogP contribution in [0.5, 0.6) is 11.5 Å². The number of nitrogens with one attached hydrogen (secondary N) is 3. The third-order valence-electron chi connectivity index (χ3n) is 4.14. The summed E-state index contributed by atoms with van der Waals surface area (Å²) in [5, 5.41) is 4.49. The fraction of sp³-hybridized carbons (Fsp3) is 0.0952. The molecule has 0 bridgehead atoms. The van der Waals surface area contributed by atoms with Crippen LogP contribution < -0.4 is 25.6 Å². The van der Waals surface area contributed by atoms with E-state index in [1.54, 1.807) is 31.4 Å². The van der Waals surface area contributed by atoms with Crippen molar-refractivity contribution in [2.75, 3.05) is 13.7 Å². The standard InChI is InChI=1S/C21H17BrIN3O4S/c1-29-16-8-7-13(10-15(16)23)20(28)24-21(31)26-25-18(27)11-30-17-9-6-12-4-2-3-5-14(12)19(17)22/h2-10H,11H2,1H3,(H,25,27)(H2,24,26,28,31). The summed E-state index contributed by atoms with van der Waals surface area (Å²) in [6.45, 7) is -0.239. The summed E-state index contributed by atoms with van der Waals surface area (Å²) in [6, 6.07) is 16.5. The van der Waals surface area contributed by atoms with E-state index in [1.165, 1.54) is 0 Å². The molecule has 0 heterocycles. The zero-order chi connectivity index (χ0) is 22.4. The molecule has 0 saturated heterocycles. The highest BCUT2D eigenvalue weighted by molar-refractivity contribution is 14.1. The lowest BCUT2D eigenvalue weighted by Gasteiger charge is -2.13. The number of carbonyl (C=O) groups excluding carboxylic acids is 2. The molecule has 3 aromatic rings. The molecule has 0 aromatic heterocycles. The average molecular weight is 614 g/mol. The Kier molecular flexibility index (Phi) is 8.04. The minimum Gasteiger partial charge on any atom is -0.496 e. The van der Waals surface area contributed by atoms with Crippen molar-refractivity contribution in [3.63, 3.8) is 0 Å². The van der Waals surface area contributed by atoms with Gasteiger partial charge in [0.15, 0.2) is 11.7 Å². The summed E-state index contributed by atoms with van der Waals surface area (Å²) >= 11 is 10.6. The van der Waals surface area contributed by atoms with Crippen LogP contribution >= 0.6 is 50.7 Å². The van der Waals surface area contributed by atoms with Crippen molar-refractivity contribution in [1.29, 1.82) is 0 Å². The second-order valence-electron chi connectivity index (χ2n) is 6.19. The summed E-state index contributed by atoms with van der Waals surface area (Å²) in [5.41, 5.74) is 5.28. The van der Waals surface area contributed by atoms with Gasteiger partial charge in [-0.3, -0.25) is 25.8 Å². The van der Waals surface area contributed by atoms with E-state index in [2.05, 4.69) is 54.7 Å². The van der Waals surface area contributed by atoms with Crippen molar-refractivity contribution in [1.82, 2.24) is 16.2 Å². The molecule has 3 N–H and O–H groups in total. The molecule has 0 aliphatic heterocycles. The Morgan fingerprint density at radius 2 is 1.81 bits per heavy atom. The van der Waals surface area contributed by atoms with Crippen molar-refractivity contribution in [3.05, 3.63) is 68.2 Å². The summed E-state index contributed by atoms with van der Waals surface area (Å²) in [4.78, 5) is 24.3. The van der Waals surface area contributed by atoms with Gasteiger partial charge >= 0.3 is 0 Å². The van der Waals surface area contributed by atoms with Crippen LogP contribution in [-0.2, 0) is 4.79 Å². The maximum atomic E-state index is 12.3. The van der Waals surface area contributed by atoms with Gasteiger partial charge in [0.1, 0.15) is 11.5 Å². The number of amides is 2. The van der Waals surface area contributed by atoms with Gasteiger partial charge in [-0.15, -0.1) is 0 Å². The van der Waals surface area contributed by atoms with Crippen LogP contribution in [0.15, 0.2) is 59.1 Å². The molecule has 0 aliphatic rings. The molecule has 0 saturated carbocycles. The first kappa shape index (κ1) is 23.2. The number of hydrogen-bond acceptors (Lipinski definition) is 5. The third-order valence-corrected chi connectivity index (χ3v) is 6.01. The monoisotopic (exact) mass is 613 g/mol. The zero-order valence-corrected chi connectivity index (χ0v) is 20.8. The fourth-order valence-electron chi connectivity index (χ4n) is 2.65. The molecular weight excluding hydrogens is 597 g/mol. The van der Waals surface area contributed by atoms with Crippen LogP contribution in [0.2, 0.25) is 0 Å². The van der Waals surface area contributed by atoms with E-state index in [1.807, 2.05) is 30.3 Å². The molecule has 31 heavy (non-hydrogen) atoms. The Morgan fingerprint density at radius 1 is 1.06 bits per heavy atom. The molecule has 0 unspecified atom stereocenters. The lowest BCUT2D eigenvalue weighted by Crippen LogP contribution is -2.49. The van der Waals surface area contributed by atoms with Crippen molar-refractivity contribution >= 4 is 78.4 Å². The number of benzene rings is 3. The van der Waals surface area contributed by atoms with E-state index in [4.69, 9.17) is 21.7 Å². The van der Waals surface area contributed by atoms with Gasteiger partial charge in [0.2, 0.25) is 0 Å². The first-order valence-electron chi connectivity index (χ1n) is 8.93. The van der Waals surface area contributed by atoms with E-state index in [-0.39, 0.29) is 11.7 Å². The third kappa shape index (κ3) is 6.05. The van der Waals surface area contributed by atoms with Crippen LogP contribution in [0, 0.1) is 3.57 Å². The maximum Gasteiger partial charge on any atom is 0.276 e. The Bertz CT molecular complexity index is 1160. The Balaban J connectivity index is 1.48. The highest BCUT2D eigenvalue weighted by Crippen LogP contribution is 2.32. The van der Waals surface area contributed by atoms with Crippen molar-refractivity contribution < 1.29 is 19.1 Å². The van der Waals surface area contributed by atoms with E-state index >= 15 is 0 Å². The van der Waals surface area contributed by atoms with E-state index in [9.17, 15) is 9.59 Å². The highest BCUT2D eigenvalue weighted by atomic mass is 127. The topological polar surface area (TPSA) is 88.7 Å². The Hall–Kier alpha value is -2.44. The summed E-state index contributed by atoms with van der Waals surface area (Å²) < 4.78 is 12.3. The second kappa shape index (κ2) is 10.7. The van der Waals surface area contributed by atoms with Gasteiger partial charge in [-0.05, 0) is 85.8 Å². The number of fused-ring (bicyclic) bond motifs is 1. The fourth-order valence-corrected chi connectivity index (χ4v) is 4.13. The zero-order valence-electron chi connectivity index (χ0n) is 16.2. The van der Waals surface area contributed by atoms with E-state index < -0.39 is 11.8 Å². The molecule has 7 nitrogen and oxygen atoms in total. The van der Waals surface area contributed by atoms with Crippen LogP contribution in [0.25, 0.3) is 10.8 Å². The predicted molar refractivity (Wildman–Crippen MR) is 134 cm³/mol. The summed E-state index contributed by atoms with van der Waals surface area (Å²) in [5.74, 6) is 0.335. The van der Waals surface area contributed by atoms with Gasteiger partial charge in [-0.25, -0.2) is 0 Å². The van der Waals surface area contributed by atoms with Crippen molar-refractivity contribution in [2.45, 2.75) is 0 Å². The average Bonchev–Trinajstić information content (AvgIpc) is 2.77. The van der Waals surface area contributed by atoms with Crippen molar-refractivity contribution in [3.8, 4) is 11.5 Å². The summed E-state index contributed by atoms with van der Waals surface area (Å²) in [6.07, 6.45) is 0. The van der Waals surface area contributed by atoms with Gasteiger partial charge in [0.25, 0.3) is 11.8 Å². The molecule has 3 aromatic carbocycles. The molecule has 0 atom stereocenters. The molecule has 10 heteroatoms. The maximum absolute atomic E-state index is 12.3. The predicted octanol–water partition coefficient (Wildman–Crippen LogP) is 3.93. The number of halogens is 2. The minimum atomic E-state index is -0.462. The number of thiocarbonyl (C=S) groups is 1. The van der Waals surface area contributed by atoms with Crippen molar-refractivity contribution in [2.24, 2.45) is 0 Å². The molecule has 0 radical (unpaired) electrons. The van der Waals surface area contributed by atoms with Gasteiger partial charge in [-0.1, -0.05) is 30.3 Å². The Labute approximate surface area is 206 Å². The van der Waals surface area contributed by atoms with E-state index in [0.717, 1.165) is 18.8 Å². The minimum absolute atomic E-state index is 0.0453. The molecule has 0 aliphatic carbocycles. The molecule has 0 fully saturated rings. The van der Waals surface area contributed by atoms with Crippen LogP contribution in [0.4, 0.5) is 0 Å². The van der Waals surface area contributed by atoms with Crippen LogP contribution in [0.1, 0.15) is 10.4 Å².